The molecule has 0 atom stereocenters. The Morgan fingerprint density at radius 2 is 1.54 bits per heavy atom. The van der Waals surface area contributed by atoms with Gasteiger partial charge < -0.3 is 0 Å². The van der Waals surface area contributed by atoms with Crippen molar-refractivity contribution >= 4 is 35.3 Å². The Kier molecular flexibility index (Phi) is 6.80. The van der Waals surface area contributed by atoms with Crippen LogP contribution in [-0.2, 0) is 10.5 Å². The molecular formula is C16H14N4O5S. The Balaban J connectivity index is 1.73. The van der Waals surface area contributed by atoms with Gasteiger partial charge in [-0.05, 0) is 23.3 Å². The molecule has 0 bridgehead atoms. The topological polar surface area (TPSA) is 128 Å². The standard InChI is InChI=1S/C16H14N4O5S/c21-16(11-26-10-13-3-7-15(8-4-13)20(24)25)18-17-9-12-1-5-14(6-2-12)19(22)23/h1-9H,10-11H2,(H,18,21)/b17-9-. The molecule has 2 aromatic carbocycles. The van der Waals surface area contributed by atoms with E-state index < -0.39 is 9.85 Å². The third kappa shape index (κ3) is 5.98. The molecule has 0 aliphatic carbocycles. The van der Waals surface area contributed by atoms with Crippen molar-refractivity contribution in [3.8, 4) is 0 Å². The Morgan fingerprint density at radius 3 is 2.08 bits per heavy atom. The second kappa shape index (κ2) is 9.28. The first-order chi connectivity index (χ1) is 12.5. The van der Waals surface area contributed by atoms with Gasteiger partial charge in [-0.1, -0.05) is 12.1 Å². The molecule has 0 aromatic heterocycles. The summed E-state index contributed by atoms with van der Waals surface area (Å²) in [6.07, 6.45) is 1.39. The molecular weight excluding hydrogens is 360 g/mol. The molecule has 0 saturated carbocycles. The molecule has 0 aliphatic heterocycles. The van der Waals surface area contributed by atoms with Crippen molar-refractivity contribution in [3.63, 3.8) is 0 Å². The first-order valence-corrected chi connectivity index (χ1v) is 8.48. The molecule has 134 valence electrons. The lowest BCUT2D eigenvalue weighted by Crippen LogP contribution is -2.19. The lowest BCUT2D eigenvalue weighted by atomic mass is 10.2. The monoisotopic (exact) mass is 374 g/mol. The fourth-order valence-corrected chi connectivity index (χ4v) is 2.65. The third-order valence-electron chi connectivity index (χ3n) is 3.16. The summed E-state index contributed by atoms with van der Waals surface area (Å²) in [6, 6.07) is 11.9. The number of nitrogens with zero attached hydrogens (tertiary/aromatic N) is 3. The molecule has 0 saturated heterocycles. The molecule has 0 aliphatic rings. The summed E-state index contributed by atoms with van der Waals surface area (Å²) in [5, 5.41) is 24.9. The molecule has 0 fully saturated rings. The number of nitro benzene ring substituents is 2. The van der Waals surface area contributed by atoms with Gasteiger partial charge in [0.2, 0.25) is 5.91 Å². The van der Waals surface area contributed by atoms with E-state index in [1.165, 1.54) is 54.4 Å². The summed E-state index contributed by atoms with van der Waals surface area (Å²) in [4.78, 5) is 31.8. The van der Waals surface area contributed by atoms with Crippen LogP contribution < -0.4 is 5.43 Å². The molecule has 26 heavy (non-hydrogen) atoms. The van der Waals surface area contributed by atoms with Gasteiger partial charge >= 0.3 is 0 Å². The van der Waals surface area contributed by atoms with E-state index in [4.69, 9.17) is 0 Å². The highest BCUT2D eigenvalue weighted by Crippen LogP contribution is 2.16. The smallest absolute Gasteiger partial charge is 0.269 e. The van der Waals surface area contributed by atoms with Crippen LogP contribution in [0.5, 0.6) is 0 Å². The number of thioether (sulfide) groups is 1. The van der Waals surface area contributed by atoms with Crippen molar-refractivity contribution < 1.29 is 14.6 Å². The molecule has 2 aromatic rings. The first kappa shape index (κ1) is 19.1. The van der Waals surface area contributed by atoms with Gasteiger partial charge in [0.25, 0.3) is 11.4 Å². The van der Waals surface area contributed by atoms with Crippen molar-refractivity contribution in [3.05, 3.63) is 79.9 Å². The summed E-state index contributed by atoms with van der Waals surface area (Å²) in [5.41, 5.74) is 3.87. The second-order valence-corrected chi connectivity index (χ2v) is 6.04. The van der Waals surface area contributed by atoms with Crippen LogP contribution in [0.25, 0.3) is 0 Å². The quantitative estimate of drug-likeness (QED) is 0.430. The highest BCUT2D eigenvalue weighted by molar-refractivity contribution is 7.99. The van der Waals surface area contributed by atoms with Crippen LogP contribution in [0, 0.1) is 20.2 Å². The Labute approximate surface area is 152 Å². The number of carbonyl (C=O) groups excluding carboxylic acids is 1. The summed E-state index contributed by atoms with van der Waals surface area (Å²) < 4.78 is 0. The van der Waals surface area contributed by atoms with Gasteiger partial charge in [0.15, 0.2) is 0 Å². The van der Waals surface area contributed by atoms with Gasteiger partial charge in [-0.25, -0.2) is 5.43 Å². The maximum atomic E-state index is 11.7. The van der Waals surface area contributed by atoms with Crippen molar-refractivity contribution in [2.75, 3.05) is 5.75 Å². The maximum Gasteiger partial charge on any atom is 0.269 e. The fraction of sp³-hybridized carbons (Fsp3) is 0.125. The Hall–Kier alpha value is -3.27. The van der Waals surface area contributed by atoms with Gasteiger partial charge in [0.1, 0.15) is 0 Å². The minimum Gasteiger partial charge on any atom is -0.272 e. The number of benzene rings is 2. The van der Waals surface area contributed by atoms with Crippen LogP contribution in [0.15, 0.2) is 53.6 Å². The SMILES string of the molecule is O=C(CSCc1ccc([N+](=O)[O-])cc1)N/N=C\c1ccc([N+](=O)[O-])cc1. The summed E-state index contributed by atoms with van der Waals surface area (Å²) >= 11 is 1.35. The molecule has 1 amide bonds. The predicted molar refractivity (Wildman–Crippen MR) is 98.1 cm³/mol. The third-order valence-corrected chi connectivity index (χ3v) is 4.16. The highest BCUT2D eigenvalue weighted by atomic mass is 32.2. The molecule has 0 heterocycles. The molecule has 0 unspecified atom stereocenters. The molecule has 10 heteroatoms. The lowest BCUT2D eigenvalue weighted by Gasteiger charge is -2.01. The number of non-ortho nitro benzene ring substituents is 2. The lowest BCUT2D eigenvalue weighted by molar-refractivity contribution is -0.385. The molecule has 0 spiro atoms. The number of rotatable bonds is 8. The zero-order valence-electron chi connectivity index (χ0n) is 13.4. The number of hydrazone groups is 1. The first-order valence-electron chi connectivity index (χ1n) is 7.33. The van der Waals surface area contributed by atoms with Crippen molar-refractivity contribution in [2.24, 2.45) is 5.10 Å². The molecule has 9 nitrogen and oxygen atoms in total. The number of carbonyl (C=O) groups is 1. The van der Waals surface area contributed by atoms with Crippen molar-refractivity contribution in [1.29, 1.82) is 0 Å². The molecule has 2 rings (SSSR count). The summed E-state index contributed by atoms with van der Waals surface area (Å²) in [5.74, 6) is 0.418. The van der Waals surface area contributed by atoms with Crippen LogP contribution in [0.3, 0.4) is 0 Å². The van der Waals surface area contributed by atoms with Crippen molar-refractivity contribution in [1.82, 2.24) is 5.43 Å². The fourth-order valence-electron chi connectivity index (χ4n) is 1.87. The van der Waals surface area contributed by atoms with Crippen LogP contribution in [-0.4, -0.2) is 27.7 Å². The van der Waals surface area contributed by atoms with Crippen molar-refractivity contribution in [2.45, 2.75) is 5.75 Å². The summed E-state index contributed by atoms with van der Waals surface area (Å²) in [6.45, 7) is 0. The van der Waals surface area contributed by atoms with Crippen LogP contribution in [0.2, 0.25) is 0 Å². The highest BCUT2D eigenvalue weighted by Gasteiger charge is 2.05. The van der Waals surface area contributed by atoms with Crippen LogP contribution >= 0.6 is 11.8 Å². The minimum atomic E-state index is -0.495. The zero-order valence-corrected chi connectivity index (χ0v) is 14.2. The van der Waals surface area contributed by atoms with E-state index >= 15 is 0 Å². The van der Waals surface area contributed by atoms with E-state index in [0.717, 1.165) is 5.56 Å². The Bertz CT molecular complexity index is 822. The normalized spacial score (nSPS) is 10.6. The predicted octanol–water partition coefficient (Wildman–Crippen LogP) is 2.89. The summed E-state index contributed by atoms with van der Waals surface area (Å²) in [7, 11) is 0. The van der Waals surface area contributed by atoms with Gasteiger partial charge in [0, 0.05) is 30.0 Å². The second-order valence-electron chi connectivity index (χ2n) is 5.06. The van der Waals surface area contributed by atoms with Gasteiger partial charge in [-0.15, -0.1) is 11.8 Å². The largest absolute Gasteiger partial charge is 0.272 e. The number of hydrogen-bond acceptors (Lipinski definition) is 7. The maximum absolute atomic E-state index is 11.7. The van der Waals surface area contributed by atoms with E-state index in [2.05, 4.69) is 10.5 Å². The van der Waals surface area contributed by atoms with Crippen LogP contribution in [0.4, 0.5) is 11.4 Å². The van der Waals surface area contributed by atoms with Gasteiger partial charge in [-0.2, -0.15) is 5.10 Å². The minimum absolute atomic E-state index is 0.0196. The van der Waals surface area contributed by atoms with E-state index in [1.54, 1.807) is 12.1 Å². The average Bonchev–Trinajstić information content (AvgIpc) is 2.62. The molecule has 1 N–H and O–H groups in total. The molecule has 0 radical (unpaired) electrons. The number of nitro groups is 2. The van der Waals surface area contributed by atoms with E-state index in [0.29, 0.717) is 11.3 Å². The zero-order chi connectivity index (χ0) is 18.9. The number of nitrogens with one attached hydrogen (secondary N) is 1. The number of amides is 1. The average molecular weight is 374 g/mol. The van der Waals surface area contributed by atoms with E-state index in [9.17, 15) is 25.0 Å². The Morgan fingerprint density at radius 1 is 1.00 bits per heavy atom. The van der Waals surface area contributed by atoms with E-state index in [1.807, 2.05) is 0 Å². The van der Waals surface area contributed by atoms with Gasteiger partial charge in [0.05, 0.1) is 21.8 Å². The van der Waals surface area contributed by atoms with Crippen LogP contribution in [0.1, 0.15) is 11.1 Å². The van der Waals surface area contributed by atoms with E-state index in [-0.39, 0.29) is 23.0 Å². The van der Waals surface area contributed by atoms with Gasteiger partial charge in [-0.3, -0.25) is 25.0 Å². The number of hydrogen-bond donors (Lipinski definition) is 1.